The molecule has 0 rings (SSSR count). The predicted octanol–water partition coefficient (Wildman–Crippen LogP) is 0.909. The van der Waals surface area contributed by atoms with Crippen LogP contribution in [0.25, 0.3) is 0 Å². The first-order valence-corrected chi connectivity index (χ1v) is 3.41. The second-order valence-electron chi connectivity index (χ2n) is 1.44. The molecule has 0 amide bonds. The van der Waals surface area contributed by atoms with Gasteiger partial charge < -0.3 is 9.29 Å². The third-order valence-electron chi connectivity index (χ3n) is 0.619. The van der Waals surface area contributed by atoms with E-state index in [2.05, 4.69) is 4.18 Å². The highest BCUT2D eigenvalue weighted by Crippen LogP contribution is 2.14. The molecule has 9 heavy (non-hydrogen) atoms. The van der Waals surface area contributed by atoms with E-state index >= 15 is 0 Å². The van der Waals surface area contributed by atoms with Gasteiger partial charge in [-0.3, -0.25) is 0 Å². The van der Waals surface area contributed by atoms with Crippen molar-refractivity contribution in [3.8, 4) is 0 Å². The Balaban J connectivity index is 3.33. The lowest BCUT2D eigenvalue weighted by Gasteiger charge is -2.10. The lowest BCUT2D eigenvalue weighted by molar-refractivity contribution is -0.0761. The molecule has 2 nitrogen and oxygen atoms in total. The third kappa shape index (κ3) is 4.62. The van der Waals surface area contributed by atoms with Crippen molar-refractivity contribution >= 4 is 12.0 Å². The van der Waals surface area contributed by atoms with Crippen LogP contribution in [-0.4, -0.2) is 30.5 Å². The zero-order chi connectivity index (χ0) is 7.33. The number of alkyl halides is 2. The standard InChI is InChI=1S/C4H8F2O2S/c1-9-8-3-4(5,6)2-7/h7H,2-3H2,1H3. The van der Waals surface area contributed by atoms with E-state index in [0.29, 0.717) is 0 Å². The molecule has 0 aliphatic rings. The first-order valence-electron chi connectivity index (χ1n) is 2.26. The second-order valence-corrected chi connectivity index (χ2v) is 2.01. The highest BCUT2D eigenvalue weighted by Gasteiger charge is 2.27. The van der Waals surface area contributed by atoms with E-state index in [0.717, 1.165) is 12.0 Å². The molecule has 0 radical (unpaired) electrons. The first kappa shape index (κ1) is 9.13. The van der Waals surface area contributed by atoms with Gasteiger partial charge in [-0.2, -0.15) is 0 Å². The van der Waals surface area contributed by atoms with Gasteiger partial charge in [-0.1, -0.05) is 0 Å². The Morgan fingerprint density at radius 3 is 2.56 bits per heavy atom. The lowest BCUT2D eigenvalue weighted by atomic mass is 10.4. The van der Waals surface area contributed by atoms with Crippen LogP contribution in [0.5, 0.6) is 0 Å². The average molecular weight is 158 g/mol. The fourth-order valence-electron chi connectivity index (χ4n) is 0.191. The minimum absolute atomic E-state index is 0.731. The van der Waals surface area contributed by atoms with E-state index < -0.39 is 19.1 Å². The minimum atomic E-state index is -3.09. The number of aliphatic hydroxyl groups is 1. The molecule has 0 fully saturated rings. The quantitative estimate of drug-likeness (QED) is 0.616. The second kappa shape index (κ2) is 4.03. The maximum atomic E-state index is 12.0. The van der Waals surface area contributed by atoms with Crippen LogP contribution in [-0.2, 0) is 4.18 Å². The first-order chi connectivity index (χ1) is 4.12. The van der Waals surface area contributed by atoms with Crippen LogP contribution in [0, 0.1) is 0 Å². The van der Waals surface area contributed by atoms with Crippen molar-refractivity contribution in [2.75, 3.05) is 19.5 Å². The summed E-state index contributed by atoms with van der Waals surface area (Å²) in [6, 6.07) is 0. The van der Waals surface area contributed by atoms with Gasteiger partial charge in [-0.15, -0.1) is 0 Å². The van der Waals surface area contributed by atoms with Gasteiger partial charge in [-0.05, 0) is 12.0 Å². The highest BCUT2D eigenvalue weighted by molar-refractivity contribution is 7.93. The molecule has 0 unspecified atom stereocenters. The fraction of sp³-hybridized carbons (Fsp3) is 1.00. The third-order valence-corrected chi connectivity index (χ3v) is 0.973. The van der Waals surface area contributed by atoms with E-state index in [1.165, 1.54) is 6.26 Å². The zero-order valence-corrected chi connectivity index (χ0v) is 5.75. The molecule has 5 heteroatoms. The van der Waals surface area contributed by atoms with Crippen LogP contribution in [0.2, 0.25) is 0 Å². The minimum Gasteiger partial charge on any atom is -0.390 e. The summed E-state index contributed by atoms with van der Waals surface area (Å²) in [6.45, 7) is -1.89. The molecule has 56 valence electrons. The van der Waals surface area contributed by atoms with Crippen LogP contribution in [0.15, 0.2) is 0 Å². The highest BCUT2D eigenvalue weighted by atomic mass is 32.2. The van der Waals surface area contributed by atoms with Gasteiger partial charge in [-0.25, -0.2) is 8.78 Å². The summed E-state index contributed by atoms with van der Waals surface area (Å²) < 4.78 is 28.2. The van der Waals surface area contributed by atoms with Gasteiger partial charge in [0, 0.05) is 6.26 Å². The van der Waals surface area contributed by atoms with Crippen molar-refractivity contribution in [1.29, 1.82) is 0 Å². The lowest BCUT2D eigenvalue weighted by Crippen LogP contribution is -2.26. The van der Waals surface area contributed by atoms with Crippen LogP contribution in [0.3, 0.4) is 0 Å². The normalized spacial score (nSPS) is 12.0. The molecule has 0 aliphatic carbocycles. The molecule has 0 aromatic rings. The van der Waals surface area contributed by atoms with Crippen LogP contribution >= 0.6 is 12.0 Å². The fourth-order valence-corrected chi connectivity index (χ4v) is 0.481. The predicted molar refractivity (Wildman–Crippen MR) is 31.5 cm³/mol. The number of hydrogen-bond acceptors (Lipinski definition) is 3. The summed E-state index contributed by atoms with van der Waals surface area (Å²) in [5.41, 5.74) is 0. The Bertz CT molecular complexity index is 79.0. The van der Waals surface area contributed by atoms with Crippen molar-refractivity contribution < 1.29 is 18.1 Å². The van der Waals surface area contributed by atoms with Crippen LogP contribution in [0.1, 0.15) is 0 Å². The summed E-state index contributed by atoms with van der Waals surface area (Å²) in [5, 5.41) is 7.98. The summed E-state index contributed by atoms with van der Waals surface area (Å²) in [4.78, 5) is 0. The van der Waals surface area contributed by atoms with Gasteiger partial charge in [0.2, 0.25) is 0 Å². The molecular weight excluding hydrogens is 150 g/mol. The smallest absolute Gasteiger partial charge is 0.294 e. The van der Waals surface area contributed by atoms with E-state index in [-0.39, 0.29) is 0 Å². The largest absolute Gasteiger partial charge is 0.390 e. The Hall–Kier alpha value is 0.130. The molecule has 0 heterocycles. The molecule has 1 N–H and O–H groups in total. The van der Waals surface area contributed by atoms with E-state index in [1.807, 2.05) is 0 Å². The Morgan fingerprint density at radius 1 is 1.67 bits per heavy atom. The van der Waals surface area contributed by atoms with Gasteiger partial charge >= 0.3 is 0 Å². The molecule has 0 aromatic heterocycles. The Labute approximate surface area is 56.4 Å². The van der Waals surface area contributed by atoms with Crippen molar-refractivity contribution in [3.05, 3.63) is 0 Å². The van der Waals surface area contributed by atoms with Gasteiger partial charge in [0.1, 0.15) is 13.2 Å². The van der Waals surface area contributed by atoms with Crippen molar-refractivity contribution in [2.45, 2.75) is 5.92 Å². The summed E-state index contributed by atoms with van der Waals surface area (Å²) in [6.07, 6.45) is 1.54. The summed E-state index contributed by atoms with van der Waals surface area (Å²) >= 11 is 0.853. The van der Waals surface area contributed by atoms with Crippen molar-refractivity contribution in [1.82, 2.24) is 0 Å². The Kier molecular flexibility index (Phi) is 4.09. The number of hydrogen-bond donors (Lipinski definition) is 1. The monoisotopic (exact) mass is 158 g/mol. The molecular formula is C4H8F2O2S. The van der Waals surface area contributed by atoms with Crippen LogP contribution in [0.4, 0.5) is 8.78 Å². The molecule has 0 spiro atoms. The van der Waals surface area contributed by atoms with E-state index in [9.17, 15) is 8.78 Å². The number of halogens is 2. The number of aliphatic hydroxyl groups excluding tert-OH is 1. The summed E-state index contributed by atoms with van der Waals surface area (Å²) in [5.74, 6) is -3.09. The number of rotatable bonds is 4. The van der Waals surface area contributed by atoms with Crippen molar-refractivity contribution in [2.24, 2.45) is 0 Å². The van der Waals surface area contributed by atoms with Gasteiger partial charge in [0.25, 0.3) is 5.92 Å². The zero-order valence-electron chi connectivity index (χ0n) is 4.93. The topological polar surface area (TPSA) is 29.5 Å². The van der Waals surface area contributed by atoms with Crippen LogP contribution < -0.4 is 0 Å². The Morgan fingerprint density at radius 2 is 2.22 bits per heavy atom. The van der Waals surface area contributed by atoms with E-state index in [4.69, 9.17) is 5.11 Å². The summed E-state index contributed by atoms with van der Waals surface area (Å²) in [7, 11) is 0. The molecule has 0 saturated carbocycles. The van der Waals surface area contributed by atoms with Gasteiger partial charge in [0.05, 0.1) is 0 Å². The van der Waals surface area contributed by atoms with Crippen molar-refractivity contribution in [3.63, 3.8) is 0 Å². The van der Waals surface area contributed by atoms with E-state index in [1.54, 1.807) is 0 Å². The maximum absolute atomic E-state index is 12.0. The molecule has 0 saturated heterocycles. The molecule has 0 bridgehead atoms. The average Bonchev–Trinajstić information content (AvgIpc) is 1.84. The van der Waals surface area contributed by atoms with Gasteiger partial charge in [0.15, 0.2) is 0 Å². The maximum Gasteiger partial charge on any atom is 0.294 e. The molecule has 0 atom stereocenters. The SMILES string of the molecule is CSOCC(F)(F)CO. The molecule has 0 aliphatic heterocycles. The molecule has 0 aromatic carbocycles.